The van der Waals surface area contributed by atoms with Gasteiger partial charge >= 0.3 is 5.97 Å². The minimum Gasteiger partial charge on any atom is -0.465 e. The second kappa shape index (κ2) is 6.56. The quantitative estimate of drug-likeness (QED) is 0.684. The van der Waals surface area contributed by atoms with E-state index in [-0.39, 0.29) is 13.9 Å². The molecule has 20 heavy (non-hydrogen) atoms. The molecule has 1 N–H and O–H groups in total. The van der Waals surface area contributed by atoms with Crippen molar-refractivity contribution >= 4 is 28.8 Å². The highest BCUT2D eigenvalue weighted by molar-refractivity contribution is 8.13. The molecule has 2 unspecified atom stereocenters. The Morgan fingerprint density at radius 1 is 1.45 bits per heavy atom. The molecule has 2 rings (SSSR count). The van der Waals surface area contributed by atoms with Gasteiger partial charge in [-0.05, 0) is 18.7 Å². The Hall–Kier alpha value is -1.82. The normalized spacial score (nSPS) is 21.9. The van der Waals surface area contributed by atoms with E-state index < -0.39 is 17.9 Å². The first-order chi connectivity index (χ1) is 9.67. The van der Waals surface area contributed by atoms with E-state index in [1.165, 1.54) is 11.8 Å². The molecule has 0 saturated carbocycles. The zero-order valence-electron chi connectivity index (χ0n) is 11.3. The molecule has 1 aliphatic heterocycles. The molecule has 1 aromatic rings. The maximum atomic E-state index is 12.2. The zero-order valence-corrected chi connectivity index (χ0v) is 12.1. The standard InChI is InChI=1S/C14H16N2O3S.H2/c1-3-19-13(18)10-11(9-7-5-4-6-8-9)15-14(20-2)16-12(10)17;/h4-8,10-11H,3H2,1-2H3,(H,15,16,17);1H. The van der Waals surface area contributed by atoms with E-state index in [0.717, 1.165) is 5.56 Å². The largest absolute Gasteiger partial charge is 0.465 e. The highest BCUT2D eigenvalue weighted by atomic mass is 32.2. The zero-order chi connectivity index (χ0) is 14.5. The van der Waals surface area contributed by atoms with E-state index in [4.69, 9.17) is 4.74 Å². The number of nitrogens with zero attached hydrogens (tertiary/aromatic N) is 1. The number of carbonyl (C=O) groups is 2. The van der Waals surface area contributed by atoms with Crippen molar-refractivity contribution in [2.75, 3.05) is 12.9 Å². The Bertz CT molecular complexity index is 536. The van der Waals surface area contributed by atoms with Crippen molar-refractivity contribution in [1.82, 2.24) is 5.32 Å². The number of hydrogen-bond acceptors (Lipinski definition) is 5. The molecule has 2 atom stereocenters. The van der Waals surface area contributed by atoms with Crippen LogP contribution in [-0.2, 0) is 14.3 Å². The topological polar surface area (TPSA) is 67.8 Å². The fourth-order valence-corrected chi connectivity index (χ4v) is 2.47. The molecule has 108 valence electrons. The predicted octanol–water partition coefficient (Wildman–Crippen LogP) is 2.00. The summed E-state index contributed by atoms with van der Waals surface area (Å²) < 4.78 is 5.00. The van der Waals surface area contributed by atoms with Gasteiger partial charge in [0.05, 0.1) is 6.61 Å². The van der Waals surface area contributed by atoms with Gasteiger partial charge in [-0.15, -0.1) is 0 Å². The van der Waals surface area contributed by atoms with Crippen LogP contribution in [0.2, 0.25) is 0 Å². The molecule has 0 radical (unpaired) electrons. The third kappa shape index (κ3) is 3.01. The molecule has 0 saturated heterocycles. The van der Waals surface area contributed by atoms with E-state index in [1.54, 1.807) is 6.92 Å². The maximum absolute atomic E-state index is 12.2. The van der Waals surface area contributed by atoms with Gasteiger partial charge in [-0.3, -0.25) is 14.6 Å². The first-order valence-electron chi connectivity index (χ1n) is 6.31. The number of aliphatic imine (C=N–C) groups is 1. The second-order valence-corrected chi connectivity index (χ2v) is 5.01. The van der Waals surface area contributed by atoms with Gasteiger partial charge < -0.3 is 10.1 Å². The third-order valence-electron chi connectivity index (χ3n) is 2.96. The van der Waals surface area contributed by atoms with Gasteiger partial charge in [-0.25, -0.2) is 0 Å². The van der Waals surface area contributed by atoms with Gasteiger partial charge in [0.15, 0.2) is 11.1 Å². The Balaban J connectivity index is 0.00000220. The van der Waals surface area contributed by atoms with Crippen molar-refractivity contribution < 1.29 is 15.8 Å². The molecule has 1 heterocycles. The highest BCUT2D eigenvalue weighted by Gasteiger charge is 2.40. The third-order valence-corrected chi connectivity index (χ3v) is 3.55. The second-order valence-electron chi connectivity index (χ2n) is 4.21. The summed E-state index contributed by atoms with van der Waals surface area (Å²) in [7, 11) is 0. The Kier molecular flexibility index (Phi) is 4.79. The van der Waals surface area contributed by atoms with E-state index in [1.807, 2.05) is 36.6 Å². The lowest BCUT2D eigenvalue weighted by Gasteiger charge is -2.27. The van der Waals surface area contributed by atoms with Crippen LogP contribution in [0.3, 0.4) is 0 Å². The Morgan fingerprint density at radius 3 is 2.75 bits per heavy atom. The van der Waals surface area contributed by atoms with Crippen molar-refractivity contribution in [2.45, 2.75) is 13.0 Å². The lowest BCUT2D eigenvalue weighted by atomic mass is 9.92. The number of amidine groups is 1. The molecule has 1 amide bonds. The van der Waals surface area contributed by atoms with Gasteiger partial charge in [0.25, 0.3) is 0 Å². The number of ether oxygens (including phenoxy) is 1. The van der Waals surface area contributed by atoms with E-state index >= 15 is 0 Å². The fourth-order valence-electron chi connectivity index (χ4n) is 2.05. The van der Waals surface area contributed by atoms with Gasteiger partial charge in [0, 0.05) is 1.43 Å². The number of amides is 1. The monoisotopic (exact) mass is 294 g/mol. The number of esters is 1. The van der Waals surface area contributed by atoms with Crippen LogP contribution in [0.15, 0.2) is 35.3 Å². The van der Waals surface area contributed by atoms with Gasteiger partial charge in [-0.2, -0.15) is 0 Å². The lowest BCUT2D eigenvalue weighted by molar-refractivity contribution is -0.153. The molecule has 5 nitrogen and oxygen atoms in total. The minimum absolute atomic E-state index is 0. The number of carbonyl (C=O) groups excluding carboxylic acids is 2. The number of benzene rings is 1. The van der Waals surface area contributed by atoms with Crippen LogP contribution in [0.5, 0.6) is 0 Å². The minimum atomic E-state index is -0.937. The average molecular weight is 294 g/mol. The number of hydrogen-bond donors (Lipinski definition) is 1. The summed E-state index contributed by atoms with van der Waals surface area (Å²) in [6, 6.07) is 8.78. The molecule has 0 aromatic heterocycles. The highest BCUT2D eigenvalue weighted by Crippen LogP contribution is 2.31. The molecule has 0 spiro atoms. The number of rotatable bonds is 3. The van der Waals surface area contributed by atoms with Crippen LogP contribution in [0, 0.1) is 5.92 Å². The van der Waals surface area contributed by atoms with Crippen LogP contribution < -0.4 is 5.32 Å². The van der Waals surface area contributed by atoms with Crippen molar-refractivity contribution in [1.29, 1.82) is 0 Å². The molecule has 0 bridgehead atoms. The molecule has 0 aliphatic carbocycles. The summed E-state index contributed by atoms with van der Waals surface area (Å²) in [6.45, 7) is 1.95. The summed E-state index contributed by atoms with van der Waals surface area (Å²) in [4.78, 5) is 28.6. The molecule has 6 heteroatoms. The van der Waals surface area contributed by atoms with Crippen LogP contribution >= 0.6 is 11.8 Å². The first kappa shape index (κ1) is 14.6. The Morgan fingerprint density at radius 2 is 2.15 bits per heavy atom. The van der Waals surface area contributed by atoms with Crippen molar-refractivity contribution in [3.63, 3.8) is 0 Å². The van der Waals surface area contributed by atoms with E-state index in [0.29, 0.717) is 5.17 Å². The summed E-state index contributed by atoms with van der Waals surface area (Å²) in [5.74, 6) is -1.84. The molecule has 1 aliphatic rings. The molecule has 0 fully saturated rings. The summed E-state index contributed by atoms with van der Waals surface area (Å²) in [5.41, 5.74) is 0.826. The summed E-state index contributed by atoms with van der Waals surface area (Å²) in [5, 5.41) is 3.15. The van der Waals surface area contributed by atoms with Crippen molar-refractivity contribution in [3.8, 4) is 0 Å². The summed E-state index contributed by atoms with van der Waals surface area (Å²) >= 11 is 1.34. The SMILES string of the molecule is CCOC(=O)C1C(=O)NC(SC)=NC1c1ccccc1.[HH]. The van der Waals surface area contributed by atoms with E-state index in [2.05, 4.69) is 10.3 Å². The van der Waals surface area contributed by atoms with Crippen LogP contribution in [-0.4, -0.2) is 29.9 Å². The first-order valence-corrected chi connectivity index (χ1v) is 7.54. The van der Waals surface area contributed by atoms with E-state index in [9.17, 15) is 9.59 Å². The van der Waals surface area contributed by atoms with Gasteiger partial charge in [-0.1, -0.05) is 42.1 Å². The average Bonchev–Trinajstić information content (AvgIpc) is 2.47. The number of nitrogens with one attached hydrogen (secondary N) is 1. The fraction of sp³-hybridized carbons (Fsp3) is 0.357. The van der Waals surface area contributed by atoms with Gasteiger partial charge in [0.1, 0.15) is 6.04 Å². The van der Waals surface area contributed by atoms with Crippen molar-refractivity contribution in [3.05, 3.63) is 35.9 Å². The van der Waals surface area contributed by atoms with Crippen LogP contribution in [0.25, 0.3) is 0 Å². The van der Waals surface area contributed by atoms with Crippen molar-refractivity contribution in [2.24, 2.45) is 10.9 Å². The predicted molar refractivity (Wildman–Crippen MR) is 80.5 cm³/mol. The van der Waals surface area contributed by atoms with Gasteiger partial charge in [0.2, 0.25) is 5.91 Å². The maximum Gasteiger partial charge on any atom is 0.321 e. The molecular formula is C14H18N2O3S. The smallest absolute Gasteiger partial charge is 0.321 e. The Labute approximate surface area is 123 Å². The summed E-state index contributed by atoms with van der Waals surface area (Å²) in [6.07, 6.45) is 1.83. The number of thioether (sulfide) groups is 1. The van der Waals surface area contributed by atoms with Crippen LogP contribution in [0.1, 0.15) is 20.0 Å². The lowest BCUT2D eigenvalue weighted by Crippen LogP contribution is -2.45. The molecule has 1 aromatic carbocycles. The molecular weight excluding hydrogens is 276 g/mol. The van der Waals surface area contributed by atoms with Crippen LogP contribution in [0.4, 0.5) is 0 Å².